The molecule has 0 bridgehead atoms. The maximum absolute atomic E-state index is 12.4. The second kappa shape index (κ2) is 8.89. The standard InChI is InChI=1S/C23H20N2O4/c1-15(22(26)25-20-10-9-18-5-3-4-6-19(18)13-20)29-23(27)16(2)28-21-11-7-17(14-24)8-12-21/h3-13,15-16H,1-2H3,(H,25,26)/t15-,16-/m0/s1. The summed E-state index contributed by atoms with van der Waals surface area (Å²) in [6.07, 6.45) is -1.89. The van der Waals surface area contributed by atoms with Gasteiger partial charge >= 0.3 is 5.97 Å². The van der Waals surface area contributed by atoms with E-state index in [4.69, 9.17) is 14.7 Å². The molecule has 0 fully saturated rings. The second-order valence-electron chi connectivity index (χ2n) is 6.53. The number of amides is 1. The number of carbonyl (C=O) groups excluding carboxylic acids is 2. The molecule has 1 amide bonds. The number of rotatable bonds is 6. The number of hydrogen-bond acceptors (Lipinski definition) is 5. The van der Waals surface area contributed by atoms with E-state index in [1.807, 2.05) is 42.5 Å². The Morgan fingerprint density at radius 3 is 2.31 bits per heavy atom. The molecule has 0 aliphatic heterocycles. The van der Waals surface area contributed by atoms with Gasteiger partial charge < -0.3 is 14.8 Å². The minimum Gasteiger partial charge on any atom is -0.479 e. The predicted octanol–water partition coefficient (Wildman–Crippen LogP) is 4.05. The molecular formula is C23H20N2O4. The minimum absolute atomic E-state index is 0.431. The number of nitrogens with zero attached hydrogens (tertiary/aromatic N) is 1. The van der Waals surface area contributed by atoms with E-state index >= 15 is 0 Å². The van der Waals surface area contributed by atoms with Crippen LogP contribution >= 0.6 is 0 Å². The Labute approximate surface area is 168 Å². The van der Waals surface area contributed by atoms with Gasteiger partial charge in [-0.2, -0.15) is 5.26 Å². The summed E-state index contributed by atoms with van der Waals surface area (Å²) in [6.45, 7) is 3.04. The van der Waals surface area contributed by atoms with Gasteiger partial charge in [-0.15, -0.1) is 0 Å². The minimum atomic E-state index is -0.985. The number of benzene rings is 3. The Kier molecular flexibility index (Phi) is 6.10. The molecule has 2 atom stereocenters. The van der Waals surface area contributed by atoms with Crippen LogP contribution in [-0.4, -0.2) is 24.1 Å². The molecule has 146 valence electrons. The molecule has 0 spiro atoms. The largest absolute Gasteiger partial charge is 0.479 e. The third-order valence-electron chi connectivity index (χ3n) is 4.31. The van der Waals surface area contributed by atoms with Crippen molar-refractivity contribution in [2.24, 2.45) is 0 Å². The van der Waals surface area contributed by atoms with Crippen molar-refractivity contribution in [1.29, 1.82) is 5.26 Å². The summed E-state index contributed by atoms with van der Waals surface area (Å²) in [6, 6.07) is 21.8. The summed E-state index contributed by atoms with van der Waals surface area (Å²) in [5.74, 6) is -0.656. The second-order valence-corrected chi connectivity index (χ2v) is 6.53. The van der Waals surface area contributed by atoms with E-state index in [0.717, 1.165) is 10.8 Å². The summed E-state index contributed by atoms with van der Waals surface area (Å²) in [4.78, 5) is 24.6. The number of ether oxygens (including phenoxy) is 2. The predicted molar refractivity (Wildman–Crippen MR) is 109 cm³/mol. The van der Waals surface area contributed by atoms with Gasteiger partial charge in [0.15, 0.2) is 12.2 Å². The van der Waals surface area contributed by atoms with E-state index in [2.05, 4.69) is 5.32 Å². The van der Waals surface area contributed by atoms with Crippen LogP contribution in [0.2, 0.25) is 0 Å². The molecule has 3 aromatic rings. The van der Waals surface area contributed by atoms with Gasteiger partial charge in [-0.05, 0) is 61.0 Å². The van der Waals surface area contributed by atoms with Crippen LogP contribution in [0.1, 0.15) is 19.4 Å². The van der Waals surface area contributed by atoms with E-state index in [-0.39, 0.29) is 0 Å². The van der Waals surface area contributed by atoms with E-state index in [1.54, 1.807) is 30.3 Å². The van der Waals surface area contributed by atoms with Crippen molar-refractivity contribution in [2.75, 3.05) is 5.32 Å². The lowest BCUT2D eigenvalue weighted by Gasteiger charge is -2.18. The SMILES string of the molecule is C[C@H](OC(=O)[C@H](C)Oc1ccc(C#N)cc1)C(=O)Nc1ccc2ccccc2c1. The highest BCUT2D eigenvalue weighted by atomic mass is 16.6. The zero-order valence-electron chi connectivity index (χ0n) is 16.1. The van der Waals surface area contributed by atoms with Crippen LogP contribution in [0.5, 0.6) is 5.75 Å². The van der Waals surface area contributed by atoms with Crippen molar-refractivity contribution < 1.29 is 19.1 Å². The molecule has 0 aliphatic carbocycles. The molecule has 3 rings (SSSR count). The summed E-state index contributed by atoms with van der Waals surface area (Å²) < 4.78 is 10.7. The van der Waals surface area contributed by atoms with Crippen molar-refractivity contribution in [2.45, 2.75) is 26.1 Å². The number of nitriles is 1. The molecule has 0 heterocycles. The maximum Gasteiger partial charge on any atom is 0.347 e. The number of fused-ring (bicyclic) bond motifs is 1. The van der Waals surface area contributed by atoms with Gasteiger partial charge in [0.25, 0.3) is 5.91 Å². The average molecular weight is 388 g/mol. The number of hydrogen-bond donors (Lipinski definition) is 1. The van der Waals surface area contributed by atoms with Gasteiger partial charge in [0, 0.05) is 5.69 Å². The summed E-state index contributed by atoms with van der Waals surface area (Å²) in [7, 11) is 0. The van der Waals surface area contributed by atoms with Crippen molar-refractivity contribution in [3.05, 3.63) is 72.3 Å². The van der Waals surface area contributed by atoms with Crippen LogP contribution < -0.4 is 10.1 Å². The van der Waals surface area contributed by atoms with Crippen LogP contribution in [0.3, 0.4) is 0 Å². The number of esters is 1. The van der Waals surface area contributed by atoms with Gasteiger partial charge in [-0.1, -0.05) is 30.3 Å². The van der Waals surface area contributed by atoms with Crippen LogP contribution in [0.25, 0.3) is 10.8 Å². The molecule has 29 heavy (non-hydrogen) atoms. The van der Waals surface area contributed by atoms with Gasteiger partial charge in [0.05, 0.1) is 11.6 Å². The lowest BCUT2D eigenvalue weighted by molar-refractivity contribution is -0.159. The van der Waals surface area contributed by atoms with Crippen molar-refractivity contribution in [1.82, 2.24) is 0 Å². The fourth-order valence-corrected chi connectivity index (χ4v) is 2.69. The van der Waals surface area contributed by atoms with Crippen LogP contribution in [0, 0.1) is 11.3 Å². The molecular weight excluding hydrogens is 368 g/mol. The zero-order valence-corrected chi connectivity index (χ0v) is 16.1. The molecule has 0 unspecified atom stereocenters. The number of anilines is 1. The topological polar surface area (TPSA) is 88.4 Å². The quantitative estimate of drug-likeness (QED) is 0.644. The normalized spacial score (nSPS) is 12.4. The molecule has 0 aromatic heterocycles. The third kappa shape index (κ3) is 5.11. The first-order valence-electron chi connectivity index (χ1n) is 9.13. The molecule has 3 aromatic carbocycles. The van der Waals surface area contributed by atoms with Gasteiger partial charge in [-0.25, -0.2) is 4.79 Å². The Morgan fingerprint density at radius 1 is 0.931 bits per heavy atom. The highest BCUT2D eigenvalue weighted by Gasteiger charge is 2.23. The lowest BCUT2D eigenvalue weighted by atomic mass is 10.1. The third-order valence-corrected chi connectivity index (χ3v) is 4.31. The number of carbonyl (C=O) groups is 2. The van der Waals surface area contributed by atoms with E-state index in [1.165, 1.54) is 13.8 Å². The molecule has 1 N–H and O–H groups in total. The lowest BCUT2D eigenvalue weighted by Crippen LogP contribution is -2.35. The Morgan fingerprint density at radius 2 is 1.62 bits per heavy atom. The van der Waals surface area contributed by atoms with Crippen molar-refractivity contribution >= 4 is 28.3 Å². The summed E-state index contributed by atoms with van der Waals surface area (Å²) >= 11 is 0. The van der Waals surface area contributed by atoms with E-state index < -0.39 is 24.1 Å². The van der Waals surface area contributed by atoms with Crippen molar-refractivity contribution in [3.63, 3.8) is 0 Å². The zero-order chi connectivity index (χ0) is 20.8. The fourth-order valence-electron chi connectivity index (χ4n) is 2.69. The van der Waals surface area contributed by atoms with Gasteiger partial charge in [0.1, 0.15) is 5.75 Å². The molecule has 0 aliphatic rings. The van der Waals surface area contributed by atoms with Gasteiger partial charge in [-0.3, -0.25) is 4.79 Å². The smallest absolute Gasteiger partial charge is 0.347 e. The summed E-state index contributed by atoms with van der Waals surface area (Å²) in [5.41, 5.74) is 1.12. The fraction of sp³-hybridized carbons (Fsp3) is 0.174. The highest BCUT2D eigenvalue weighted by Crippen LogP contribution is 2.19. The van der Waals surface area contributed by atoms with Gasteiger partial charge in [0.2, 0.25) is 0 Å². The van der Waals surface area contributed by atoms with Crippen LogP contribution in [0.4, 0.5) is 5.69 Å². The average Bonchev–Trinajstić information content (AvgIpc) is 2.74. The Bertz CT molecular complexity index is 1070. The summed E-state index contributed by atoms with van der Waals surface area (Å²) in [5, 5.41) is 13.6. The molecule has 0 saturated carbocycles. The monoisotopic (exact) mass is 388 g/mol. The maximum atomic E-state index is 12.4. The molecule has 0 saturated heterocycles. The first-order valence-corrected chi connectivity index (χ1v) is 9.13. The van der Waals surface area contributed by atoms with E-state index in [0.29, 0.717) is 17.0 Å². The number of nitrogens with one attached hydrogen (secondary N) is 1. The van der Waals surface area contributed by atoms with Crippen molar-refractivity contribution in [3.8, 4) is 11.8 Å². The van der Waals surface area contributed by atoms with Crippen LogP contribution in [0.15, 0.2) is 66.7 Å². The first kappa shape index (κ1) is 19.9. The molecule has 6 nitrogen and oxygen atoms in total. The van der Waals surface area contributed by atoms with Crippen LogP contribution in [-0.2, 0) is 14.3 Å². The van der Waals surface area contributed by atoms with E-state index in [9.17, 15) is 9.59 Å². The molecule has 0 radical (unpaired) electrons. The highest BCUT2D eigenvalue weighted by molar-refractivity contribution is 5.97. The molecule has 6 heteroatoms. The Balaban J connectivity index is 1.55. The Hall–Kier alpha value is -3.85. The first-order chi connectivity index (χ1) is 14.0.